The number of aromatic nitrogens is 1. The Hall–Kier alpha value is -3.21. The lowest BCUT2D eigenvalue weighted by molar-refractivity contribution is 0.102. The van der Waals surface area contributed by atoms with Crippen LogP contribution in [0.5, 0.6) is 5.75 Å². The van der Waals surface area contributed by atoms with Crippen molar-refractivity contribution in [3.63, 3.8) is 0 Å². The molecule has 0 saturated heterocycles. The number of aryl methyl sites for hydroxylation is 1. The number of hydrogen-bond donors (Lipinski definition) is 1. The van der Waals surface area contributed by atoms with Gasteiger partial charge in [0.25, 0.3) is 5.91 Å². The Morgan fingerprint density at radius 1 is 1.18 bits per heavy atom. The molecule has 2 aromatic carbocycles. The maximum absolute atomic E-state index is 13.7. The van der Waals surface area contributed by atoms with Crippen LogP contribution in [-0.4, -0.2) is 16.5 Å². The topological polar surface area (TPSA) is 51.2 Å². The Bertz CT molecular complexity index is 1060. The summed E-state index contributed by atoms with van der Waals surface area (Å²) in [6, 6.07) is 13.7. The Labute approximate surface area is 163 Å². The number of fused-ring (bicyclic) bond motifs is 1. The van der Waals surface area contributed by atoms with Crippen molar-refractivity contribution in [3.05, 3.63) is 77.2 Å². The molecule has 0 bridgehead atoms. The van der Waals surface area contributed by atoms with E-state index in [-0.39, 0.29) is 11.2 Å². The van der Waals surface area contributed by atoms with Crippen LogP contribution in [0.1, 0.15) is 35.3 Å². The maximum Gasteiger partial charge on any atom is 0.259 e. The Morgan fingerprint density at radius 3 is 2.68 bits per heavy atom. The fourth-order valence-electron chi connectivity index (χ4n) is 3.52. The van der Waals surface area contributed by atoms with Crippen molar-refractivity contribution >= 4 is 11.7 Å². The van der Waals surface area contributed by atoms with Crippen molar-refractivity contribution in [2.75, 3.05) is 5.32 Å². The van der Waals surface area contributed by atoms with Gasteiger partial charge in [0.15, 0.2) is 0 Å². The van der Waals surface area contributed by atoms with Crippen molar-refractivity contribution in [2.45, 2.75) is 32.8 Å². The largest absolute Gasteiger partial charge is 0.487 e. The van der Waals surface area contributed by atoms with Crippen LogP contribution in [0.2, 0.25) is 0 Å². The van der Waals surface area contributed by atoms with E-state index < -0.39 is 11.7 Å². The summed E-state index contributed by atoms with van der Waals surface area (Å²) in [6.07, 6.45) is 2.58. The van der Waals surface area contributed by atoms with E-state index in [4.69, 9.17) is 4.74 Å². The molecule has 1 amide bonds. The zero-order valence-electron chi connectivity index (χ0n) is 16.0. The van der Waals surface area contributed by atoms with E-state index in [0.717, 1.165) is 28.9 Å². The molecule has 5 heteroatoms. The van der Waals surface area contributed by atoms with E-state index in [9.17, 15) is 9.18 Å². The second-order valence-corrected chi connectivity index (χ2v) is 7.68. The molecule has 4 rings (SSSR count). The van der Waals surface area contributed by atoms with Crippen molar-refractivity contribution in [1.82, 2.24) is 4.98 Å². The highest BCUT2D eigenvalue weighted by molar-refractivity contribution is 6.04. The summed E-state index contributed by atoms with van der Waals surface area (Å²) in [5.41, 5.74) is 4.12. The lowest BCUT2D eigenvalue weighted by Gasteiger charge is -2.16. The van der Waals surface area contributed by atoms with Crippen LogP contribution in [-0.2, 0) is 6.42 Å². The molecule has 0 spiro atoms. The fourth-order valence-corrected chi connectivity index (χ4v) is 3.52. The summed E-state index contributed by atoms with van der Waals surface area (Å²) in [6.45, 7) is 6.20. The maximum atomic E-state index is 13.7. The molecular formula is C23H21FN2O2. The summed E-state index contributed by atoms with van der Waals surface area (Å²) in [5.74, 6) is 0.232. The normalized spacial score (nSPS) is 14.3. The van der Waals surface area contributed by atoms with E-state index in [2.05, 4.69) is 36.3 Å². The molecule has 1 aromatic heterocycles. The number of anilines is 1. The van der Waals surface area contributed by atoms with Crippen LogP contribution in [0.3, 0.4) is 0 Å². The van der Waals surface area contributed by atoms with Gasteiger partial charge in [0, 0.05) is 18.2 Å². The number of pyridine rings is 1. The molecule has 0 aliphatic carbocycles. The van der Waals surface area contributed by atoms with Crippen molar-refractivity contribution in [3.8, 4) is 16.9 Å². The van der Waals surface area contributed by atoms with Crippen molar-refractivity contribution < 1.29 is 13.9 Å². The minimum absolute atomic E-state index is 0.00884. The minimum Gasteiger partial charge on any atom is -0.487 e. The van der Waals surface area contributed by atoms with Crippen LogP contribution < -0.4 is 10.1 Å². The van der Waals surface area contributed by atoms with Crippen LogP contribution in [0.25, 0.3) is 11.1 Å². The summed E-state index contributed by atoms with van der Waals surface area (Å²) < 4.78 is 19.7. The predicted octanol–water partition coefficient (Wildman–Crippen LogP) is 5.16. The summed E-state index contributed by atoms with van der Waals surface area (Å²) in [5, 5.41) is 2.63. The number of nitrogens with zero attached hydrogens (tertiary/aromatic N) is 1. The first-order valence-electron chi connectivity index (χ1n) is 9.17. The van der Waals surface area contributed by atoms with Crippen LogP contribution in [0.4, 0.5) is 10.2 Å². The Morgan fingerprint density at radius 2 is 1.96 bits per heavy atom. The number of ether oxygens (including phenoxy) is 1. The zero-order valence-corrected chi connectivity index (χ0v) is 16.0. The van der Waals surface area contributed by atoms with E-state index in [1.54, 1.807) is 24.4 Å². The SMILES string of the molecule is Cc1cc2c(cc1-c1ccc(NC(=O)c3ccccc3F)nc1)CC(C)(C)O2. The van der Waals surface area contributed by atoms with Crippen LogP contribution >= 0.6 is 0 Å². The van der Waals surface area contributed by atoms with Crippen molar-refractivity contribution in [2.24, 2.45) is 0 Å². The molecule has 28 heavy (non-hydrogen) atoms. The minimum atomic E-state index is -0.560. The molecule has 0 atom stereocenters. The second-order valence-electron chi connectivity index (χ2n) is 7.68. The second kappa shape index (κ2) is 6.75. The Kier molecular flexibility index (Phi) is 4.38. The van der Waals surface area contributed by atoms with Crippen LogP contribution in [0.15, 0.2) is 54.7 Å². The molecule has 0 saturated carbocycles. The first-order valence-corrected chi connectivity index (χ1v) is 9.17. The molecule has 1 aliphatic rings. The van der Waals surface area contributed by atoms with Gasteiger partial charge in [-0.25, -0.2) is 9.37 Å². The number of carbonyl (C=O) groups is 1. The average molecular weight is 376 g/mol. The third kappa shape index (κ3) is 3.48. The van der Waals surface area contributed by atoms with Gasteiger partial charge in [-0.3, -0.25) is 4.79 Å². The Balaban J connectivity index is 1.56. The first kappa shape index (κ1) is 18.2. The van der Waals surface area contributed by atoms with Gasteiger partial charge in [-0.05, 0) is 73.9 Å². The monoisotopic (exact) mass is 376 g/mol. The highest BCUT2D eigenvalue weighted by Crippen LogP contribution is 2.39. The summed E-state index contributed by atoms with van der Waals surface area (Å²) in [7, 11) is 0. The van der Waals surface area contributed by atoms with Crippen molar-refractivity contribution in [1.29, 1.82) is 0 Å². The van der Waals surface area contributed by atoms with Crippen LogP contribution in [0, 0.1) is 12.7 Å². The van der Waals surface area contributed by atoms with E-state index >= 15 is 0 Å². The third-order valence-corrected chi connectivity index (χ3v) is 4.84. The summed E-state index contributed by atoms with van der Waals surface area (Å²) in [4.78, 5) is 16.6. The highest BCUT2D eigenvalue weighted by Gasteiger charge is 2.30. The van der Waals surface area contributed by atoms with Gasteiger partial charge >= 0.3 is 0 Å². The lowest BCUT2D eigenvalue weighted by atomic mass is 9.95. The van der Waals surface area contributed by atoms with Gasteiger partial charge in [-0.2, -0.15) is 0 Å². The number of halogens is 1. The lowest BCUT2D eigenvalue weighted by Crippen LogP contribution is -2.24. The zero-order chi connectivity index (χ0) is 19.9. The van der Waals surface area contributed by atoms with E-state index in [1.807, 2.05) is 13.0 Å². The number of benzene rings is 2. The molecule has 142 valence electrons. The van der Waals surface area contributed by atoms with Gasteiger partial charge in [0.2, 0.25) is 0 Å². The third-order valence-electron chi connectivity index (χ3n) is 4.84. The predicted molar refractivity (Wildman–Crippen MR) is 107 cm³/mol. The molecule has 0 fully saturated rings. The number of hydrogen-bond acceptors (Lipinski definition) is 3. The van der Waals surface area contributed by atoms with E-state index in [0.29, 0.717) is 5.82 Å². The number of carbonyl (C=O) groups excluding carboxylic acids is 1. The average Bonchev–Trinajstić information content (AvgIpc) is 2.95. The first-order chi connectivity index (χ1) is 13.3. The molecule has 0 radical (unpaired) electrons. The molecule has 1 N–H and O–H groups in total. The molecule has 0 unspecified atom stereocenters. The van der Waals surface area contributed by atoms with E-state index in [1.165, 1.54) is 17.7 Å². The standard InChI is InChI=1S/C23H21FN2O2/c1-14-10-20-16(12-23(2,3)28-20)11-18(14)15-8-9-21(25-13-15)26-22(27)17-6-4-5-7-19(17)24/h4-11,13H,12H2,1-3H3,(H,25,26,27). The molecule has 2 heterocycles. The molecular weight excluding hydrogens is 355 g/mol. The number of rotatable bonds is 3. The molecule has 4 nitrogen and oxygen atoms in total. The van der Waals surface area contributed by atoms with Gasteiger partial charge in [-0.1, -0.05) is 12.1 Å². The number of amides is 1. The van der Waals surface area contributed by atoms with Gasteiger partial charge in [0.1, 0.15) is 23.0 Å². The smallest absolute Gasteiger partial charge is 0.259 e. The fraction of sp³-hybridized carbons (Fsp3) is 0.217. The van der Waals surface area contributed by atoms with Gasteiger partial charge < -0.3 is 10.1 Å². The summed E-state index contributed by atoms with van der Waals surface area (Å²) >= 11 is 0. The van der Waals surface area contributed by atoms with Gasteiger partial charge in [0.05, 0.1) is 5.56 Å². The molecule has 3 aromatic rings. The molecule has 1 aliphatic heterocycles. The quantitative estimate of drug-likeness (QED) is 0.687. The highest BCUT2D eigenvalue weighted by atomic mass is 19.1. The number of nitrogens with one attached hydrogen (secondary N) is 1. The van der Waals surface area contributed by atoms with Gasteiger partial charge in [-0.15, -0.1) is 0 Å².